The van der Waals surface area contributed by atoms with Crippen LogP contribution >= 0.6 is 11.3 Å². The molecule has 26 heavy (non-hydrogen) atoms. The summed E-state index contributed by atoms with van der Waals surface area (Å²) in [4.78, 5) is 23.7. The number of rotatable bonds is 5. The lowest BCUT2D eigenvalue weighted by molar-refractivity contribution is -0.135. The summed E-state index contributed by atoms with van der Waals surface area (Å²) in [6.07, 6.45) is 3.32. The molecule has 1 N–H and O–H groups in total. The molecular formula is C19H31N5OS. The molecule has 0 radical (unpaired) electrons. The summed E-state index contributed by atoms with van der Waals surface area (Å²) >= 11 is 1.74. The Morgan fingerprint density at radius 3 is 2.54 bits per heavy atom. The van der Waals surface area contributed by atoms with Gasteiger partial charge in [0, 0.05) is 52.9 Å². The molecule has 144 valence electrons. The van der Waals surface area contributed by atoms with Crippen LogP contribution in [0.3, 0.4) is 0 Å². The monoisotopic (exact) mass is 377 g/mol. The number of carbonyl (C=O) groups is 1. The van der Waals surface area contributed by atoms with E-state index in [1.165, 1.54) is 5.56 Å². The average Bonchev–Trinajstić information content (AvgIpc) is 3.38. The Morgan fingerprint density at radius 1 is 1.19 bits per heavy atom. The first-order valence-electron chi connectivity index (χ1n) is 9.68. The molecule has 1 amide bonds. The molecule has 2 fully saturated rings. The normalized spacial score (nSPS) is 20.5. The first-order valence-corrected chi connectivity index (χ1v) is 10.6. The molecule has 2 aliphatic heterocycles. The van der Waals surface area contributed by atoms with E-state index in [1.54, 1.807) is 11.3 Å². The summed E-state index contributed by atoms with van der Waals surface area (Å²) in [6.45, 7) is 8.47. The predicted octanol–water partition coefficient (Wildman–Crippen LogP) is 1.49. The zero-order valence-electron chi connectivity index (χ0n) is 16.0. The topological polar surface area (TPSA) is 51.2 Å². The van der Waals surface area contributed by atoms with E-state index in [1.807, 2.05) is 11.9 Å². The molecule has 1 unspecified atom stereocenters. The number of guanidine groups is 1. The molecule has 0 aromatic carbocycles. The SMILES string of the molecule is CN=C(NCCc1ccsc1)N1CCN(C(C)C(=O)N2CCCC2)CC1. The van der Waals surface area contributed by atoms with Crippen molar-refractivity contribution in [3.05, 3.63) is 22.4 Å². The van der Waals surface area contributed by atoms with Crippen molar-refractivity contribution < 1.29 is 4.79 Å². The molecule has 0 aliphatic carbocycles. The lowest BCUT2D eigenvalue weighted by Gasteiger charge is -2.39. The van der Waals surface area contributed by atoms with E-state index in [-0.39, 0.29) is 6.04 Å². The molecule has 6 nitrogen and oxygen atoms in total. The average molecular weight is 378 g/mol. The second-order valence-electron chi connectivity index (χ2n) is 7.09. The third kappa shape index (κ3) is 4.76. The highest BCUT2D eigenvalue weighted by atomic mass is 32.1. The van der Waals surface area contributed by atoms with Crippen molar-refractivity contribution in [2.45, 2.75) is 32.2 Å². The smallest absolute Gasteiger partial charge is 0.239 e. The zero-order valence-corrected chi connectivity index (χ0v) is 16.8. The molecule has 1 aromatic heterocycles. The van der Waals surface area contributed by atoms with Gasteiger partial charge in [-0.25, -0.2) is 0 Å². The van der Waals surface area contributed by atoms with Crippen LogP contribution < -0.4 is 5.32 Å². The zero-order chi connectivity index (χ0) is 18.4. The Bertz CT molecular complexity index is 589. The van der Waals surface area contributed by atoms with Crippen LogP contribution in [0.4, 0.5) is 0 Å². The molecule has 2 aliphatic rings. The summed E-state index contributed by atoms with van der Waals surface area (Å²) in [7, 11) is 1.85. The first kappa shape index (κ1) is 19.2. The number of aliphatic imine (C=N–C) groups is 1. The Labute approximate surface area is 160 Å². The van der Waals surface area contributed by atoms with Crippen LogP contribution in [0.1, 0.15) is 25.3 Å². The highest BCUT2D eigenvalue weighted by Crippen LogP contribution is 2.14. The van der Waals surface area contributed by atoms with Gasteiger partial charge in [-0.3, -0.25) is 14.7 Å². The molecular weight excluding hydrogens is 346 g/mol. The van der Waals surface area contributed by atoms with Crippen molar-refractivity contribution in [2.24, 2.45) is 4.99 Å². The second kappa shape index (κ2) is 9.37. The largest absolute Gasteiger partial charge is 0.356 e. The number of amides is 1. The number of nitrogens with one attached hydrogen (secondary N) is 1. The van der Waals surface area contributed by atoms with Crippen LogP contribution in [0, 0.1) is 0 Å². The summed E-state index contributed by atoms with van der Waals surface area (Å²) < 4.78 is 0. The molecule has 1 aromatic rings. The highest BCUT2D eigenvalue weighted by molar-refractivity contribution is 7.07. The van der Waals surface area contributed by atoms with E-state index in [2.05, 4.69) is 43.9 Å². The van der Waals surface area contributed by atoms with Crippen LogP contribution in [0.15, 0.2) is 21.8 Å². The van der Waals surface area contributed by atoms with Gasteiger partial charge in [0.05, 0.1) is 6.04 Å². The van der Waals surface area contributed by atoms with Crippen molar-refractivity contribution in [1.29, 1.82) is 0 Å². The maximum atomic E-state index is 12.6. The predicted molar refractivity (Wildman–Crippen MR) is 108 cm³/mol. The minimum absolute atomic E-state index is 0.0104. The van der Waals surface area contributed by atoms with Crippen LogP contribution in [0.5, 0.6) is 0 Å². The van der Waals surface area contributed by atoms with Gasteiger partial charge in [0.25, 0.3) is 0 Å². The molecule has 1 atom stereocenters. The second-order valence-corrected chi connectivity index (χ2v) is 7.87. The van der Waals surface area contributed by atoms with Gasteiger partial charge in [0.15, 0.2) is 5.96 Å². The lowest BCUT2D eigenvalue weighted by atomic mass is 10.2. The number of hydrogen-bond donors (Lipinski definition) is 1. The van der Waals surface area contributed by atoms with Crippen LogP contribution in [0.2, 0.25) is 0 Å². The number of carbonyl (C=O) groups excluding carboxylic acids is 1. The van der Waals surface area contributed by atoms with Crippen molar-refractivity contribution in [3.63, 3.8) is 0 Å². The van der Waals surface area contributed by atoms with E-state index in [9.17, 15) is 4.79 Å². The number of hydrogen-bond acceptors (Lipinski definition) is 4. The third-order valence-corrected chi connectivity index (χ3v) is 6.16. The summed E-state index contributed by atoms with van der Waals surface area (Å²) in [6, 6.07) is 2.16. The summed E-state index contributed by atoms with van der Waals surface area (Å²) in [5.41, 5.74) is 1.37. The molecule has 0 bridgehead atoms. The van der Waals surface area contributed by atoms with Gasteiger partial charge in [-0.2, -0.15) is 11.3 Å². The molecule has 7 heteroatoms. The summed E-state index contributed by atoms with van der Waals surface area (Å²) in [5, 5.41) is 7.79. The third-order valence-electron chi connectivity index (χ3n) is 5.43. The first-order chi connectivity index (χ1) is 12.7. The van der Waals surface area contributed by atoms with Crippen LogP contribution in [-0.4, -0.2) is 85.5 Å². The number of likely N-dealkylation sites (tertiary alicyclic amines) is 1. The fourth-order valence-electron chi connectivity index (χ4n) is 3.76. The van der Waals surface area contributed by atoms with Gasteiger partial charge < -0.3 is 15.1 Å². The van der Waals surface area contributed by atoms with Crippen LogP contribution in [0.25, 0.3) is 0 Å². The van der Waals surface area contributed by atoms with E-state index >= 15 is 0 Å². The van der Waals surface area contributed by atoms with E-state index in [0.29, 0.717) is 5.91 Å². The van der Waals surface area contributed by atoms with Crippen LogP contribution in [-0.2, 0) is 11.2 Å². The summed E-state index contributed by atoms with van der Waals surface area (Å²) in [5.74, 6) is 1.27. The molecule has 0 spiro atoms. The molecule has 0 saturated carbocycles. The fraction of sp³-hybridized carbons (Fsp3) is 0.684. The highest BCUT2D eigenvalue weighted by Gasteiger charge is 2.30. The van der Waals surface area contributed by atoms with Gasteiger partial charge in [0.1, 0.15) is 0 Å². The Balaban J connectivity index is 1.43. The number of nitrogens with zero attached hydrogens (tertiary/aromatic N) is 4. The van der Waals surface area contributed by atoms with Gasteiger partial charge >= 0.3 is 0 Å². The lowest BCUT2D eigenvalue weighted by Crippen LogP contribution is -2.57. The van der Waals surface area contributed by atoms with Crippen molar-refractivity contribution in [3.8, 4) is 0 Å². The van der Waals surface area contributed by atoms with Crippen molar-refractivity contribution >= 4 is 23.2 Å². The fourth-order valence-corrected chi connectivity index (χ4v) is 4.47. The van der Waals surface area contributed by atoms with Gasteiger partial charge in [0.2, 0.25) is 5.91 Å². The Kier molecular flexibility index (Phi) is 6.91. The van der Waals surface area contributed by atoms with Gasteiger partial charge in [-0.15, -0.1) is 0 Å². The molecule has 2 saturated heterocycles. The van der Waals surface area contributed by atoms with Gasteiger partial charge in [-0.05, 0) is 48.6 Å². The molecule has 3 heterocycles. The minimum atomic E-state index is -0.0104. The van der Waals surface area contributed by atoms with E-state index in [4.69, 9.17) is 0 Å². The van der Waals surface area contributed by atoms with E-state index in [0.717, 1.165) is 71.0 Å². The Hall–Kier alpha value is -1.60. The quantitative estimate of drug-likeness (QED) is 0.624. The minimum Gasteiger partial charge on any atom is -0.356 e. The molecule has 3 rings (SSSR count). The van der Waals surface area contributed by atoms with Crippen molar-refractivity contribution in [1.82, 2.24) is 20.0 Å². The number of thiophene rings is 1. The maximum absolute atomic E-state index is 12.6. The Morgan fingerprint density at radius 2 is 1.92 bits per heavy atom. The standard InChI is InChI=1S/C19H31N5OS/c1-16(18(25)23-8-3-4-9-23)22-10-12-24(13-11-22)19(20-2)21-7-5-17-6-14-26-15-17/h6,14-16H,3-5,7-13H2,1-2H3,(H,20,21). The maximum Gasteiger partial charge on any atom is 0.239 e. The van der Waals surface area contributed by atoms with Crippen molar-refractivity contribution in [2.75, 3.05) is 52.9 Å². The van der Waals surface area contributed by atoms with Gasteiger partial charge in [-0.1, -0.05) is 0 Å². The van der Waals surface area contributed by atoms with E-state index < -0.39 is 0 Å². The number of piperazine rings is 1.